The van der Waals surface area contributed by atoms with Gasteiger partial charge in [0.15, 0.2) is 5.78 Å². The molecule has 0 aromatic heterocycles. The topological polar surface area (TPSA) is 20.3 Å². The van der Waals surface area contributed by atoms with Gasteiger partial charge in [-0.25, -0.2) is 0 Å². The van der Waals surface area contributed by atoms with Gasteiger partial charge >= 0.3 is 0 Å². The van der Waals surface area contributed by atoms with Gasteiger partial charge in [-0.2, -0.15) is 0 Å². The highest BCUT2D eigenvalue weighted by molar-refractivity contribution is 9.10. The molecule has 3 heteroatoms. The smallest absolute Gasteiger partial charge is 0.164 e. The number of benzene rings is 1. The summed E-state index contributed by atoms with van der Waals surface area (Å²) in [6.45, 7) is 2.01. The first-order valence-corrected chi connectivity index (χ1v) is 7.92. The highest BCUT2D eigenvalue weighted by atomic mass is 79.9. The van der Waals surface area contributed by atoms with Gasteiger partial charge in [0.1, 0.15) is 0 Å². The second kappa shape index (κ2) is 7.20. The fourth-order valence-electron chi connectivity index (χ4n) is 2.82. The quantitative estimate of drug-likeness (QED) is 0.733. The third-order valence-corrected chi connectivity index (χ3v) is 4.41. The number of Topliss-reactive ketones (excluding diaryl/α,β-unsaturated/α-hetero) is 1. The first kappa shape index (κ1) is 14.7. The van der Waals surface area contributed by atoms with Gasteiger partial charge in [0.05, 0.1) is 0 Å². The van der Waals surface area contributed by atoms with Crippen LogP contribution in [0.5, 0.6) is 0 Å². The Kier molecular flexibility index (Phi) is 5.59. The van der Waals surface area contributed by atoms with Crippen molar-refractivity contribution in [2.45, 2.75) is 32.1 Å². The van der Waals surface area contributed by atoms with Crippen molar-refractivity contribution in [3.05, 3.63) is 34.3 Å². The minimum atomic E-state index is 0.236. The third-order valence-electron chi connectivity index (χ3n) is 3.91. The van der Waals surface area contributed by atoms with E-state index >= 15 is 0 Å². The molecular formula is C16H22BrNO. The Hall–Kier alpha value is -0.670. The second-order valence-corrected chi connectivity index (χ2v) is 6.51. The van der Waals surface area contributed by atoms with Crippen LogP contribution in [-0.4, -0.2) is 30.8 Å². The van der Waals surface area contributed by atoms with Crippen LogP contribution in [0.4, 0.5) is 0 Å². The maximum atomic E-state index is 12.1. The lowest BCUT2D eigenvalue weighted by Crippen LogP contribution is -2.27. The Labute approximate surface area is 124 Å². The Balaban J connectivity index is 1.76. The molecule has 1 saturated carbocycles. The summed E-state index contributed by atoms with van der Waals surface area (Å²) in [4.78, 5) is 14.4. The maximum Gasteiger partial charge on any atom is 0.164 e. The van der Waals surface area contributed by atoms with Crippen LogP contribution in [0, 0.1) is 5.92 Å². The summed E-state index contributed by atoms with van der Waals surface area (Å²) in [6, 6.07) is 7.66. The van der Waals surface area contributed by atoms with Gasteiger partial charge in [0.25, 0.3) is 0 Å². The van der Waals surface area contributed by atoms with Crippen LogP contribution in [0.3, 0.4) is 0 Å². The first-order chi connectivity index (χ1) is 9.15. The van der Waals surface area contributed by atoms with Crippen LogP contribution in [0.2, 0.25) is 0 Å². The number of rotatable bonds is 6. The van der Waals surface area contributed by atoms with Crippen LogP contribution in [-0.2, 0) is 0 Å². The van der Waals surface area contributed by atoms with Crippen molar-refractivity contribution < 1.29 is 4.79 Å². The number of halogens is 1. The normalized spacial score (nSPS) is 16.2. The Morgan fingerprint density at radius 1 is 1.37 bits per heavy atom. The summed E-state index contributed by atoms with van der Waals surface area (Å²) in [5.74, 6) is 1.09. The van der Waals surface area contributed by atoms with Crippen molar-refractivity contribution in [2.75, 3.05) is 20.1 Å². The van der Waals surface area contributed by atoms with E-state index in [0.29, 0.717) is 6.42 Å². The molecule has 0 unspecified atom stereocenters. The van der Waals surface area contributed by atoms with Crippen LogP contribution in [0.1, 0.15) is 42.5 Å². The molecular weight excluding hydrogens is 302 g/mol. The molecule has 104 valence electrons. The summed E-state index contributed by atoms with van der Waals surface area (Å²) in [5, 5.41) is 0. The Morgan fingerprint density at radius 3 is 2.79 bits per heavy atom. The van der Waals surface area contributed by atoms with Gasteiger partial charge in [-0.05, 0) is 37.9 Å². The zero-order valence-electron chi connectivity index (χ0n) is 11.6. The molecule has 0 heterocycles. The van der Waals surface area contributed by atoms with E-state index in [9.17, 15) is 4.79 Å². The summed E-state index contributed by atoms with van der Waals surface area (Å²) in [5.41, 5.74) is 0.809. The van der Waals surface area contributed by atoms with E-state index in [2.05, 4.69) is 27.9 Å². The molecule has 0 aliphatic heterocycles. The minimum absolute atomic E-state index is 0.236. The standard InChI is InChI=1S/C16H22BrNO/c1-18(12-13-5-2-3-6-13)10-9-16(19)14-7-4-8-15(17)11-14/h4,7-8,11,13H,2-3,5-6,9-10,12H2,1H3. The summed E-state index contributed by atoms with van der Waals surface area (Å²) in [7, 11) is 2.13. The molecule has 19 heavy (non-hydrogen) atoms. The summed E-state index contributed by atoms with van der Waals surface area (Å²) >= 11 is 3.41. The van der Waals surface area contributed by atoms with Crippen LogP contribution < -0.4 is 0 Å². The van der Waals surface area contributed by atoms with Gasteiger partial charge < -0.3 is 4.90 Å². The van der Waals surface area contributed by atoms with E-state index in [1.807, 2.05) is 24.3 Å². The predicted octanol–water partition coefficient (Wildman–Crippen LogP) is 4.14. The van der Waals surface area contributed by atoms with Crippen LogP contribution in [0.15, 0.2) is 28.7 Å². The van der Waals surface area contributed by atoms with E-state index in [0.717, 1.165) is 29.0 Å². The lowest BCUT2D eigenvalue weighted by Gasteiger charge is -2.20. The van der Waals surface area contributed by atoms with Crippen molar-refractivity contribution in [1.29, 1.82) is 0 Å². The van der Waals surface area contributed by atoms with E-state index in [-0.39, 0.29) is 5.78 Å². The van der Waals surface area contributed by atoms with Crippen LogP contribution >= 0.6 is 15.9 Å². The molecule has 2 nitrogen and oxygen atoms in total. The molecule has 1 aliphatic rings. The number of carbonyl (C=O) groups excluding carboxylic acids is 1. The van der Waals surface area contributed by atoms with Crippen molar-refractivity contribution in [3.63, 3.8) is 0 Å². The Bertz CT molecular complexity index is 427. The molecule has 1 aliphatic carbocycles. The van der Waals surface area contributed by atoms with E-state index in [1.165, 1.54) is 25.7 Å². The number of ketones is 1. The van der Waals surface area contributed by atoms with Crippen LogP contribution in [0.25, 0.3) is 0 Å². The molecule has 0 atom stereocenters. The monoisotopic (exact) mass is 323 g/mol. The van der Waals surface area contributed by atoms with E-state index < -0.39 is 0 Å². The molecule has 0 bridgehead atoms. The van der Waals surface area contributed by atoms with Gasteiger partial charge in [0.2, 0.25) is 0 Å². The SMILES string of the molecule is CN(CCC(=O)c1cccc(Br)c1)CC1CCCC1. The fourth-order valence-corrected chi connectivity index (χ4v) is 3.22. The minimum Gasteiger partial charge on any atom is -0.306 e. The number of hydrogen-bond donors (Lipinski definition) is 0. The largest absolute Gasteiger partial charge is 0.306 e. The highest BCUT2D eigenvalue weighted by Crippen LogP contribution is 2.25. The lowest BCUT2D eigenvalue weighted by molar-refractivity contribution is 0.0966. The molecule has 0 N–H and O–H groups in total. The number of nitrogens with zero attached hydrogens (tertiary/aromatic N) is 1. The Morgan fingerprint density at radius 2 is 2.11 bits per heavy atom. The molecule has 0 saturated heterocycles. The first-order valence-electron chi connectivity index (χ1n) is 7.12. The van der Waals surface area contributed by atoms with Gasteiger partial charge in [-0.1, -0.05) is 40.9 Å². The number of carbonyl (C=O) groups is 1. The van der Waals surface area contributed by atoms with E-state index in [4.69, 9.17) is 0 Å². The zero-order chi connectivity index (χ0) is 13.7. The van der Waals surface area contributed by atoms with Crippen molar-refractivity contribution in [1.82, 2.24) is 4.90 Å². The summed E-state index contributed by atoms with van der Waals surface area (Å²) in [6.07, 6.45) is 6.11. The molecule has 1 fully saturated rings. The predicted molar refractivity (Wildman–Crippen MR) is 82.5 cm³/mol. The third kappa shape index (κ3) is 4.73. The van der Waals surface area contributed by atoms with Gasteiger partial charge in [-0.3, -0.25) is 4.79 Å². The summed E-state index contributed by atoms with van der Waals surface area (Å²) < 4.78 is 0.970. The molecule has 0 radical (unpaired) electrons. The number of hydrogen-bond acceptors (Lipinski definition) is 2. The zero-order valence-corrected chi connectivity index (χ0v) is 13.2. The molecule has 1 aromatic carbocycles. The average Bonchev–Trinajstić information content (AvgIpc) is 2.88. The molecule has 0 spiro atoms. The van der Waals surface area contributed by atoms with E-state index in [1.54, 1.807) is 0 Å². The van der Waals surface area contributed by atoms with Crippen molar-refractivity contribution in [2.24, 2.45) is 5.92 Å². The maximum absolute atomic E-state index is 12.1. The molecule has 1 aromatic rings. The lowest BCUT2D eigenvalue weighted by atomic mass is 10.1. The van der Waals surface area contributed by atoms with Gasteiger partial charge in [-0.15, -0.1) is 0 Å². The van der Waals surface area contributed by atoms with Gasteiger partial charge in [0, 0.05) is 29.5 Å². The van der Waals surface area contributed by atoms with Crippen molar-refractivity contribution in [3.8, 4) is 0 Å². The average molecular weight is 324 g/mol. The highest BCUT2D eigenvalue weighted by Gasteiger charge is 2.17. The van der Waals surface area contributed by atoms with Crippen molar-refractivity contribution >= 4 is 21.7 Å². The molecule has 0 amide bonds. The second-order valence-electron chi connectivity index (χ2n) is 5.60. The molecule has 2 rings (SSSR count). The fraction of sp³-hybridized carbons (Fsp3) is 0.562.